The molecule has 0 saturated heterocycles. The van der Waals surface area contributed by atoms with Gasteiger partial charge in [0, 0.05) is 18.8 Å². The van der Waals surface area contributed by atoms with Crippen molar-refractivity contribution in [3.63, 3.8) is 0 Å². The summed E-state index contributed by atoms with van der Waals surface area (Å²) in [6.45, 7) is 5.85. The molecule has 0 saturated carbocycles. The molecule has 252 valence electrons. The van der Waals surface area contributed by atoms with E-state index < -0.39 is 17.9 Å². The highest BCUT2D eigenvalue weighted by Gasteiger charge is 2.26. The molecule has 0 unspecified atom stereocenters. The summed E-state index contributed by atoms with van der Waals surface area (Å²) in [7, 11) is 0. The number of hydrogen-bond donors (Lipinski definition) is 2. The van der Waals surface area contributed by atoms with E-state index in [4.69, 9.17) is 10.2 Å². The lowest BCUT2D eigenvalue weighted by atomic mass is 10.0. The number of allylic oxidation sites excluding steroid dienone is 2. The van der Waals surface area contributed by atoms with Crippen molar-refractivity contribution in [2.45, 2.75) is 174 Å². The second-order valence-corrected chi connectivity index (χ2v) is 12.8. The van der Waals surface area contributed by atoms with Crippen molar-refractivity contribution in [1.29, 1.82) is 0 Å². The summed E-state index contributed by atoms with van der Waals surface area (Å²) in [5.74, 6) is -2.57. The van der Waals surface area contributed by atoms with Crippen LogP contribution >= 0.6 is 0 Å². The summed E-state index contributed by atoms with van der Waals surface area (Å²) in [4.78, 5) is 32.9. The molecule has 0 amide bonds. The second kappa shape index (κ2) is 30.1. The van der Waals surface area contributed by atoms with Crippen molar-refractivity contribution < 1.29 is 34.2 Å². The van der Waals surface area contributed by atoms with Crippen LogP contribution in [0.25, 0.3) is 0 Å². The first-order valence-corrected chi connectivity index (χ1v) is 17.9. The number of hydrogen-bond acceptors (Lipinski definition) is 4. The lowest BCUT2D eigenvalue weighted by Gasteiger charge is -2.39. The van der Waals surface area contributed by atoms with Crippen molar-refractivity contribution in [2.75, 3.05) is 26.2 Å². The summed E-state index contributed by atoms with van der Waals surface area (Å²) in [6, 6.07) is 0. The van der Waals surface area contributed by atoms with Crippen LogP contribution in [0.4, 0.5) is 0 Å². The monoisotopic (exact) mass is 609 g/mol. The maximum atomic E-state index is 11.0. The number of carbonyl (C=O) groups excluding carboxylic acids is 1. The summed E-state index contributed by atoms with van der Waals surface area (Å²) >= 11 is 0. The second-order valence-electron chi connectivity index (χ2n) is 12.8. The van der Waals surface area contributed by atoms with Gasteiger partial charge in [-0.05, 0) is 83.5 Å². The Hall–Kier alpha value is -1.89. The van der Waals surface area contributed by atoms with Gasteiger partial charge in [0.1, 0.15) is 0 Å². The van der Waals surface area contributed by atoms with Crippen LogP contribution in [0.3, 0.4) is 0 Å². The Morgan fingerprint density at radius 2 is 0.814 bits per heavy atom. The molecule has 0 rings (SSSR count). The number of nitrogens with zero attached hydrogens (tertiary/aromatic N) is 1. The third-order valence-corrected chi connectivity index (χ3v) is 8.70. The largest absolute Gasteiger partial charge is 0.550 e. The van der Waals surface area contributed by atoms with Crippen molar-refractivity contribution in [2.24, 2.45) is 0 Å². The first-order valence-electron chi connectivity index (χ1n) is 17.9. The van der Waals surface area contributed by atoms with Crippen LogP contribution in [-0.4, -0.2) is 58.8 Å². The van der Waals surface area contributed by atoms with Crippen LogP contribution in [-0.2, 0) is 14.4 Å². The van der Waals surface area contributed by atoms with E-state index in [0.717, 1.165) is 69.2 Å². The zero-order valence-electron chi connectivity index (χ0n) is 27.8. The van der Waals surface area contributed by atoms with Gasteiger partial charge in [0.2, 0.25) is 0 Å². The molecule has 0 bridgehead atoms. The maximum absolute atomic E-state index is 11.0. The molecular formula is C36H67NO6. The average molecular weight is 610 g/mol. The Balaban J connectivity index is 4.33. The van der Waals surface area contributed by atoms with Gasteiger partial charge in [0.25, 0.3) is 0 Å². The average Bonchev–Trinajstić information content (AvgIpc) is 2.96. The minimum atomic E-state index is -1.02. The zero-order chi connectivity index (χ0) is 31.9. The Bertz CT molecular complexity index is 653. The van der Waals surface area contributed by atoms with Crippen LogP contribution in [0.1, 0.15) is 174 Å². The summed E-state index contributed by atoms with van der Waals surface area (Å²) < 4.78 is 0.838. The van der Waals surface area contributed by atoms with Gasteiger partial charge >= 0.3 is 11.9 Å². The third-order valence-electron chi connectivity index (χ3n) is 8.70. The van der Waals surface area contributed by atoms with Gasteiger partial charge in [-0.1, -0.05) is 89.7 Å². The number of carboxylic acids is 3. The molecule has 0 aliphatic heterocycles. The molecule has 0 spiro atoms. The van der Waals surface area contributed by atoms with Crippen LogP contribution in [0.15, 0.2) is 12.2 Å². The van der Waals surface area contributed by atoms with Gasteiger partial charge in [-0.25, -0.2) is 0 Å². The van der Waals surface area contributed by atoms with E-state index in [0.29, 0.717) is 19.3 Å². The van der Waals surface area contributed by atoms with Crippen molar-refractivity contribution in [1.82, 2.24) is 0 Å². The molecule has 43 heavy (non-hydrogen) atoms. The molecule has 0 atom stereocenters. The van der Waals surface area contributed by atoms with E-state index in [1.807, 2.05) is 0 Å². The summed E-state index contributed by atoms with van der Waals surface area (Å²) in [5.41, 5.74) is 0. The molecule has 0 aliphatic carbocycles. The number of carboxylic acid groups (broad SMARTS) is 3. The predicted molar refractivity (Wildman–Crippen MR) is 175 cm³/mol. The fraction of sp³-hybridized carbons (Fsp3) is 0.861. The molecule has 0 heterocycles. The SMILES string of the molecule is CCCCCCCCCCCCC/C=C/CCCCCC[N+](CCCCC(=O)[O-])(CCCCC(=O)O)CCCCC(=O)O. The summed E-state index contributed by atoms with van der Waals surface area (Å²) in [6.07, 6.45) is 31.5. The van der Waals surface area contributed by atoms with Gasteiger partial charge in [0.15, 0.2) is 0 Å². The van der Waals surface area contributed by atoms with Crippen molar-refractivity contribution in [3.8, 4) is 0 Å². The third kappa shape index (κ3) is 29.9. The summed E-state index contributed by atoms with van der Waals surface area (Å²) in [5, 5.41) is 29.0. The number of aliphatic carboxylic acids is 3. The van der Waals surface area contributed by atoms with Gasteiger partial charge in [-0.3, -0.25) is 9.59 Å². The predicted octanol–water partition coefficient (Wildman–Crippen LogP) is 8.44. The Kier molecular flexibility index (Phi) is 28.8. The Labute approximate surface area is 264 Å². The molecule has 0 aliphatic rings. The number of rotatable bonds is 34. The zero-order valence-corrected chi connectivity index (χ0v) is 27.8. The minimum absolute atomic E-state index is 0.0603. The standard InChI is InChI=1S/C36H67NO6/c1-2-3-4-5-6-7-8-9-10-11-12-13-14-15-16-17-18-19-23-30-37(31-24-20-27-34(38)39,32-25-21-28-35(40)41)33-26-22-29-36(42)43/h14-15H,2-13,16-33H2,1H3,(H2-,38,39,40,41,42,43)/b15-14+. The van der Waals surface area contributed by atoms with Crippen molar-refractivity contribution in [3.05, 3.63) is 12.2 Å². The molecule has 7 heteroatoms. The topological polar surface area (TPSA) is 115 Å². The molecule has 0 fully saturated rings. The first-order chi connectivity index (χ1) is 20.8. The number of unbranched alkanes of at least 4 members (excludes halogenated alkanes) is 18. The smallest absolute Gasteiger partial charge is 0.303 e. The van der Waals surface area contributed by atoms with Gasteiger partial charge < -0.3 is 24.6 Å². The van der Waals surface area contributed by atoms with Gasteiger partial charge in [-0.2, -0.15) is 0 Å². The Morgan fingerprint density at radius 1 is 0.488 bits per heavy atom. The Morgan fingerprint density at radius 3 is 1.19 bits per heavy atom. The van der Waals surface area contributed by atoms with Crippen LogP contribution < -0.4 is 5.11 Å². The van der Waals surface area contributed by atoms with E-state index in [9.17, 15) is 19.5 Å². The highest BCUT2D eigenvalue weighted by Crippen LogP contribution is 2.19. The van der Waals surface area contributed by atoms with Crippen LogP contribution in [0, 0.1) is 0 Å². The first kappa shape index (κ1) is 41.1. The normalized spacial score (nSPS) is 11.8. The number of quaternary nitrogens is 1. The molecule has 0 aromatic rings. The highest BCUT2D eigenvalue weighted by atomic mass is 16.4. The fourth-order valence-corrected chi connectivity index (χ4v) is 6.06. The van der Waals surface area contributed by atoms with E-state index in [-0.39, 0.29) is 19.3 Å². The molecule has 0 radical (unpaired) electrons. The van der Waals surface area contributed by atoms with Gasteiger partial charge in [0.05, 0.1) is 26.2 Å². The fourth-order valence-electron chi connectivity index (χ4n) is 6.06. The van der Waals surface area contributed by atoms with Crippen molar-refractivity contribution >= 4 is 17.9 Å². The maximum Gasteiger partial charge on any atom is 0.303 e. The lowest BCUT2D eigenvalue weighted by molar-refractivity contribution is -0.929. The van der Waals surface area contributed by atoms with Crippen LogP contribution in [0.5, 0.6) is 0 Å². The molecule has 0 aromatic carbocycles. The van der Waals surface area contributed by atoms with E-state index >= 15 is 0 Å². The van der Waals surface area contributed by atoms with E-state index in [2.05, 4.69) is 19.1 Å². The molecule has 0 aromatic heterocycles. The van der Waals surface area contributed by atoms with E-state index in [1.165, 1.54) is 89.9 Å². The molecule has 7 nitrogen and oxygen atoms in total. The minimum Gasteiger partial charge on any atom is -0.550 e. The highest BCUT2D eigenvalue weighted by molar-refractivity contribution is 5.66. The van der Waals surface area contributed by atoms with Crippen LogP contribution in [0.2, 0.25) is 0 Å². The van der Waals surface area contributed by atoms with E-state index in [1.54, 1.807) is 0 Å². The lowest BCUT2D eigenvalue weighted by Crippen LogP contribution is -2.51. The quantitative estimate of drug-likeness (QED) is 0.0430. The molecular weight excluding hydrogens is 542 g/mol. The van der Waals surface area contributed by atoms with Gasteiger partial charge in [-0.15, -0.1) is 0 Å². The number of carbonyl (C=O) groups is 3. The molecule has 2 N–H and O–H groups in total.